The Balaban J connectivity index is 1.49. The summed E-state index contributed by atoms with van der Waals surface area (Å²) in [5, 5.41) is 11.7. The van der Waals surface area contributed by atoms with Gasteiger partial charge in [-0.25, -0.2) is 9.59 Å². The Labute approximate surface area is 207 Å². The number of benzene rings is 2. The molecule has 7 nitrogen and oxygen atoms in total. The Kier molecular flexibility index (Phi) is 8.90. The number of esters is 1. The second kappa shape index (κ2) is 11.7. The predicted molar refractivity (Wildman–Crippen MR) is 135 cm³/mol. The van der Waals surface area contributed by atoms with Gasteiger partial charge in [0.15, 0.2) is 0 Å². The van der Waals surface area contributed by atoms with Gasteiger partial charge < -0.3 is 19.9 Å². The number of aliphatic carboxylic acids is 1. The minimum absolute atomic E-state index is 0.0549. The van der Waals surface area contributed by atoms with Crippen LogP contribution in [0.25, 0.3) is 11.1 Å². The number of nitrogens with one attached hydrogen (secondary N) is 1. The molecule has 0 unspecified atom stereocenters. The van der Waals surface area contributed by atoms with Crippen LogP contribution in [-0.4, -0.2) is 52.9 Å². The van der Waals surface area contributed by atoms with Gasteiger partial charge in [-0.1, -0.05) is 90.9 Å². The van der Waals surface area contributed by atoms with Gasteiger partial charge in [0.2, 0.25) is 0 Å². The number of carboxylic acids is 1. The summed E-state index contributed by atoms with van der Waals surface area (Å²) in [6.07, 6.45) is -1.37. The molecular formula is C25H29NO6S2. The van der Waals surface area contributed by atoms with Crippen LogP contribution >= 0.6 is 21.6 Å². The number of carbonyl (C=O) groups excluding carboxylic acids is 2. The highest BCUT2D eigenvalue weighted by atomic mass is 33.1. The van der Waals surface area contributed by atoms with Crippen molar-refractivity contribution in [2.45, 2.75) is 43.9 Å². The van der Waals surface area contributed by atoms with E-state index < -0.39 is 30.5 Å². The fourth-order valence-corrected chi connectivity index (χ4v) is 5.72. The van der Waals surface area contributed by atoms with Crippen molar-refractivity contribution in [3.63, 3.8) is 0 Å². The Bertz CT molecular complexity index is 991. The van der Waals surface area contributed by atoms with Gasteiger partial charge in [-0.3, -0.25) is 4.79 Å². The Hall–Kier alpha value is -2.65. The zero-order chi connectivity index (χ0) is 24.7. The number of amides is 1. The number of rotatable bonds is 10. The van der Waals surface area contributed by atoms with Crippen molar-refractivity contribution in [1.82, 2.24) is 5.32 Å². The van der Waals surface area contributed by atoms with E-state index in [4.69, 9.17) is 9.47 Å². The average molecular weight is 504 g/mol. The van der Waals surface area contributed by atoms with E-state index in [9.17, 15) is 19.5 Å². The molecule has 2 aromatic rings. The van der Waals surface area contributed by atoms with E-state index in [1.807, 2.05) is 48.5 Å². The van der Waals surface area contributed by atoms with Gasteiger partial charge in [-0.2, -0.15) is 0 Å². The van der Waals surface area contributed by atoms with E-state index in [0.717, 1.165) is 22.3 Å². The molecule has 9 heteroatoms. The molecule has 0 radical (unpaired) electrons. The van der Waals surface area contributed by atoms with Crippen LogP contribution in [0.15, 0.2) is 48.5 Å². The van der Waals surface area contributed by atoms with Gasteiger partial charge in [-0.15, -0.1) is 0 Å². The molecular weight excluding hydrogens is 474 g/mol. The van der Waals surface area contributed by atoms with Gasteiger partial charge in [0.05, 0.1) is 6.42 Å². The lowest BCUT2D eigenvalue weighted by Crippen LogP contribution is -2.43. The summed E-state index contributed by atoms with van der Waals surface area (Å²) in [7, 11) is 3.26. The van der Waals surface area contributed by atoms with E-state index in [-0.39, 0.29) is 23.9 Å². The van der Waals surface area contributed by atoms with Crippen molar-refractivity contribution in [2.24, 2.45) is 0 Å². The normalized spacial score (nSPS) is 13.5. The van der Waals surface area contributed by atoms with E-state index in [0.29, 0.717) is 5.75 Å². The van der Waals surface area contributed by atoms with Crippen LogP contribution in [0.1, 0.15) is 44.2 Å². The minimum Gasteiger partial charge on any atom is -0.480 e. The summed E-state index contributed by atoms with van der Waals surface area (Å²) in [5.74, 6) is -1.57. The molecule has 0 fully saturated rings. The second-order valence-corrected chi connectivity index (χ2v) is 12.0. The fraction of sp³-hybridized carbons (Fsp3) is 0.400. The highest BCUT2D eigenvalue weighted by Gasteiger charge is 2.30. The van der Waals surface area contributed by atoms with Crippen molar-refractivity contribution in [2.75, 3.05) is 19.0 Å². The van der Waals surface area contributed by atoms with Crippen LogP contribution in [0.4, 0.5) is 4.79 Å². The Morgan fingerprint density at radius 1 is 1.00 bits per heavy atom. The van der Waals surface area contributed by atoms with Gasteiger partial charge in [0.1, 0.15) is 19.3 Å². The predicted octanol–water partition coefficient (Wildman–Crippen LogP) is 5.09. The largest absolute Gasteiger partial charge is 0.480 e. The van der Waals surface area contributed by atoms with Gasteiger partial charge in [0, 0.05) is 16.4 Å². The van der Waals surface area contributed by atoms with Gasteiger partial charge in [0.25, 0.3) is 0 Å². The second-order valence-electron chi connectivity index (χ2n) is 8.80. The highest BCUT2D eigenvalue weighted by Crippen LogP contribution is 2.44. The molecule has 1 atom stereocenters. The fourth-order valence-electron chi connectivity index (χ4n) is 3.62. The van der Waals surface area contributed by atoms with Crippen molar-refractivity contribution in [3.05, 3.63) is 59.7 Å². The third kappa shape index (κ3) is 7.17. The number of hydrogen-bond donors (Lipinski definition) is 2. The van der Waals surface area contributed by atoms with E-state index in [2.05, 4.69) is 26.1 Å². The highest BCUT2D eigenvalue weighted by molar-refractivity contribution is 8.77. The quantitative estimate of drug-likeness (QED) is 0.263. The average Bonchev–Trinajstić information content (AvgIpc) is 3.10. The number of ether oxygens (including phenoxy) is 2. The molecule has 1 aliphatic rings. The number of hydrogen-bond acceptors (Lipinski definition) is 7. The van der Waals surface area contributed by atoms with Crippen LogP contribution in [0.5, 0.6) is 0 Å². The third-order valence-corrected chi connectivity index (χ3v) is 8.35. The SMILES string of the molecule is CC(C)(C)SSCCOC(=O)C[C@H](NC(=O)OCC1c2ccccc2-c2ccccc21)C(=O)O. The summed E-state index contributed by atoms with van der Waals surface area (Å²) < 4.78 is 10.6. The first-order chi connectivity index (χ1) is 16.2. The molecule has 2 N–H and O–H groups in total. The first-order valence-electron chi connectivity index (χ1n) is 11.0. The maximum absolute atomic E-state index is 12.4. The summed E-state index contributed by atoms with van der Waals surface area (Å²) in [6.45, 7) is 6.48. The van der Waals surface area contributed by atoms with E-state index in [1.165, 1.54) is 0 Å². The van der Waals surface area contributed by atoms with Crippen molar-refractivity contribution in [1.29, 1.82) is 0 Å². The maximum Gasteiger partial charge on any atom is 0.407 e. The first kappa shape index (κ1) is 26.0. The third-order valence-electron chi connectivity index (χ3n) is 5.04. The molecule has 0 aromatic heterocycles. The van der Waals surface area contributed by atoms with Crippen LogP contribution in [0.2, 0.25) is 0 Å². The number of carboxylic acid groups (broad SMARTS) is 1. The molecule has 1 aliphatic carbocycles. The van der Waals surface area contributed by atoms with Crippen LogP contribution in [0, 0.1) is 0 Å². The van der Waals surface area contributed by atoms with Crippen LogP contribution < -0.4 is 5.32 Å². The molecule has 182 valence electrons. The monoisotopic (exact) mass is 503 g/mol. The van der Waals surface area contributed by atoms with Gasteiger partial charge in [-0.05, 0) is 22.3 Å². The lowest BCUT2D eigenvalue weighted by Gasteiger charge is -2.17. The summed E-state index contributed by atoms with van der Waals surface area (Å²) in [5.41, 5.74) is 4.30. The van der Waals surface area contributed by atoms with Crippen molar-refractivity contribution >= 4 is 39.6 Å². The zero-order valence-electron chi connectivity index (χ0n) is 19.4. The Morgan fingerprint density at radius 3 is 2.15 bits per heavy atom. The lowest BCUT2D eigenvalue weighted by atomic mass is 9.98. The number of alkyl carbamates (subject to hydrolysis) is 1. The maximum atomic E-state index is 12.4. The van der Waals surface area contributed by atoms with Crippen molar-refractivity contribution < 1.29 is 29.0 Å². The zero-order valence-corrected chi connectivity index (χ0v) is 21.0. The number of fused-ring (bicyclic) bond motifs is 3. The molecule has 0 saturated carbocycles. The molecule has 2 aromatic carbocycles. The van der Waals surface area contributed by atoms with Crippen LogP contribution in [0.3, 0.4) is 0 Å². The number of carbonyl (C=O) groups is 3. The molecule has 34 heavy (non-hydrogen) atoms. The molecule has 1 amide bonds. The molecule has 0 bridgehead atoms. The minimum atomic E-state index is -1.43. The summed E-state index contributed by atoms with van der Waals surface area (Å²) in [4.78, 5) is 36.0. The topological polar surface area (TPSA) is 102 Å². The van der Waals surface area contributed by atoms with E-state index >= 15 is 0 Å². The summed E-state index contributed by atoms with van der Waals surface area (Å²) >= 11 is 0. The van der Waals surface area contributed by atoms with E-state index in [1.54, 1.807) is 21.6 Å². The van der Waals surface area contributed by atoms with Gasteiger partial charge >= 0.3 is 18.0 Å². The Morgan fingerprint density at radius 2 is 1.59 bits per heavy atom. The van der Waals surface area contributed by atoms with Crippen LogP contribution in [-0.2, 0) is 19.1 Å². The smallest absolute Gasteiger partial charge is 0.407 e. The van der Waals surface area contributed by atoms with Crippen molar-refractivity contribution in [3.8, 4) is 11.1 Å². The summed E-state index contributed by atoms with van der Waals surface area (Å²) in [6, 6.07) is 14.4. The molecule has 3 rings (SSSR count). The molecule has 0 aliphatic heterocycles. The standard InChI is InChI=1S/C25H29NO6S2/c1-25(2,3)34-33-13-12-31-22(27)14-21(23(28)29)26-24(30)32-15-20-18-10-6-4-8-16(18)17-9-5-7-11-19(17)20/h4-11,20-21H,12-15H2,1-3H3,(H,26,30)(H,28,29)/t21-/m0/s1. The lowest BCUT2D eigenvalue weighted by molar-refractivity contribution is -0.149. The molecule has 0 spiro atoms. The molecule has 0 saturated heterocycles. The first-order valence-corrected chi connectivity index (χ1v) is 13.3. The molecule has 0 heterocycles.